The second kappa shape index (κ2) is 8.59. The molecular weight excluding hydrogens is 338 g/mol. The predicted molar refractivity (Wildman–Crippen MR) is 105 cm³/mol. The maximum Gasteiger partial charge on any atom is 0.224 e. The van der Waals surface area contributed by atoms with Crippen LogP contribution in [0.1, 0.15) is 31.2 Å². The topological polar surface area (TPSA) is 65.4 Å². The Balaban J connectivity index is 1.70. The van der Waals surface area contributed by atoms with E-state index in [4.69, 9.17) is 10.00 Å². The Morgan fingerprint density at radius 3 is 2.48 bits per heavy atom. The first-order chi connectivity index (χ1) is 13.2. The van der Waals surface area contributed by atoms with Crippen LogP contribution in [-0.2, 0) is 10.2 Å². The molecule has 1 aliphatic heterocycles. The normalized spacial score (nSPS) is 15.6. The maximum absolute atomic E-state index is 12.6. The molecule has 1 fully saturated rings. The lowest BCUT2D eigenvalue weighted by atomic mass is 9.70. The molecule has 1 aliphatic rings. The van der Waals surface area contributed by atoms with Crippen LogP contribution in [0.4, 0.5) is 5.69 Å². The molecule has 2 aromatic rings. The molecule has 5 heteroatoms. The quantitative estimate of drug-likeness (QED) is 0.790. The number of nitrogens with zero attached hydrogens (tertiary/aromatic N) is 2. The van der Waals surface area contributed by atoms with E-state index in [0.29, 0.717) is 17.9 Å². The zero-order chi connectivity index (χ0) is 19.1. The number of hydrogen-bond donors (Lipinski definition) is 1. The number of benzene rings is 2. The molecule has 0 aromatic heterocycles. The molecule has 0 radical (unpaired) electrons. The summed E-state index contributed by atoms with van der Waals surface area (Å²) in [7, 11) is 1.60. The number of nitrogens with one attached hydrogen (secondary N) is 1. The Kier molecular flexibility index (Phi) is 5.97. The summed E-state index contributed by atoms with van der Waals surface area (Å²) in [5, 5.41) is 12.1. The highest BCUT2D eigenvalue weighted by Crippen LogP contribution is 2.39. The number of hydrogen-bond acceptors (Lipinski definition) is 4. The van der Waals surface area contributed by atoms with Crippen LogP contribution in [0.2, 0.25) is 0 Å². The van der Waals surface area contributed by atoms with Crippen molar-refractivity contribution < 1.29 is 9.53 Å². The van der Waals surface area contributed by atoms with E-state index in [0.717, 1.165) is 32.4 Å². The molecule has 140 valence electrons. The lowest BCUT2D eigenvalue weighted by Crippen LogP contribution is -2.41. The summed E-state index contributed by atoms with van der Waals surface area (Å²) in [6, 6.07) is 17.8. The van der Waals surface area contributed by atoms with Crippen molar-refractivity contribution in [2.24, 2.45) is 0 Å². The Morgan fingerprint density at radius 2 is 1.81 bits per heavy atom. The molecule has 1 heterocycles. The third-order valence-electron chi connectivity index (χ3n) is 5.46. The molecule has 1 saturated heterocycles. The van der Waals surface area contributed by atoms with Gasteiger partial charge in [-0.3, -0.25) is 4.79 Å². The number of rotatable bonds is 6. The number of amides is 1. The van der Waals surface area contributed by atoms with Gasteiger partial charge in [0.25, 0.3) is 0 Å². The Hall–Kier alpha value is -3.00. The van der Waals surface area contributed by atoms with Crippen LogP contribution in [0.5, 0.6) is 5.75 Å². The highest BCUT2D eigenvalue weighted by atomic mass is 16.5. The largest absolute Gasteiger partial charge is 0.495 e. The minimum Gasteiger partial charge on any atom is -0.495 e. The van der Waals surface area contributed by atoms with E-state index in [-0.39, 0.29) is 11.3 Å². The van der Waals surface area contributed by atoms with Gasteiger partial charge >= 0.3 is 0 Å². The number of methoxy groups -OCH3 is 1. The minimum atomic E-state index is -0.0628. The average Bonchev–Trinajstić information content (AvgIpc) is 2.73. The van der Waals surface area contributed by atoms with Gasteiger partial charge in [0.2, 0.25) is 5.91 Å². The number of piperidine rings is 1. The summed E-state index contributed by atoms with van der Waals surface area (Å²) in [5.41, 5.74) is 1.89. The van der Waals surface area contributed by atoms with Crippen molar-refractivity contribution in [1.29, 1.82) is 5.26 Å². The fourth-order valence-corrected chi connectivity index (χ4v) is 3.82. The third-order valence-corrected chi connectivity index (χ3v) is 5.46. The summed E-state index contributed by atoms with van der Waals surface area (Å²) in [6.45, 7) is 1.47. The molecule has 3 rings (SSSR count). The second-order valence-corrected chi connectivity index (χ2v) is 6.98. The van der Waals surface area contributed by atoms with E-state index < -0.39 is 0 Å². The molecule has 0 unspecified atom stereocenters. The Labute approximate surface area is 160 Å². The van der Waals surface area contributed by atoms with Gasteiger partial charge in [-0.25, -0.2) is 0 Å². The number of para-hydroxylation sites is 2. The van der Waals surface area contributed by atoms with Crippen LogP contribution < -0.4 is 10.1 Å². The van der Waals surface area contributed by atoms with Gasteiger partial charge in [0, 0.05) is 19.5 Å². The predicted octanol–water partition coefficient (Wildman–Crippen LogP) is 3.93. The zero-order valence-electron chi connectivity index (χ0n) is 15.6. The average molecular weight is 363 g/mol. The molecule has 0 saturated carbocycles. The molecule has 5 nitrogen and oxygen atoms in total. The molecule has 0 bridgehead atoms. The molecule has 2 aromatic carbocycles. The summed E-state index contributed by atoms with van der Waals surface area (Å²) < 4.78 is 5.30. The van der Waals surface area contributed by atoms with Crippen molar-refractivity contribution in [1.82, 2.24) is 4.90 Å². The minimum absolute atomic E-state index is 0.0162. The smallest absolute Gasteiger partial charge is 0.224 e. The lowest BCUT2D eigenvalue weighted by molar-refractivity contribution is -0.116. The highest BCUT2D eigenvalue weighted by molar-refractivity contribution is 5.92. The fourth-order valence-electron chi connectivity index (χ4n) is 3.82. The molecule has 0 spiro atoms. The standard InChI is InChI=1S/C22H25N3O2/c1-27-20-10-6-5-9-19(20)24-21(26)11-12-22(18-7-3-2-4-8-18)13-15-25(17-23)16-14-22/h2-10H,11-16H2,1H3,(H,24,26). The number of likely N-dealkylation sites (tertiary alicyclic amines) is 1. The van der Waals surface area contributed by atoms with Crippen molar-refractivity contribution in [2.45, 2.75) is 31.1 Å². The zero-order valence-corrected chi connectivity index (χ0v) is 15.6. The van der Waals surface area contributed by atoms with Gasteiger partial charge in [0.15, 0.2) is 6.19 Å². The first-order valence-corrected chi connectivity index (χ1v) is 9.30. The van der Waals surface area contributed by atoms with Crippen molar-refractivity contribution >= 4 is 11.6 Å². The summed E-state index contributed by atoms with van der Waals surface area (Å²) in [4.78, 5) is 14.4. The number of carbonyl (C=O) groups excluding carboxylic acids is 1. The van der Waals surface area contributed by atoms with E-state index in [1.165, 1.54) is 5.56 Å². The van der Waals surface area contributed by atoms with Crippen LogP contribution in [0, 0.1) is 11.5 Å². The SMILES string of the molecule is COc1ccccc1NC(=O)CCC1(c2ccccc2)CCN(C#N)CC1. The van der Waals surface area contributed by atoms with Gasteiger partial charge in [-0.2, -0.15) is 5.26 Å². The van der Waals surface area contributed by atoms with Crippen LogP contribution in [0.25, 0.3) is 0 Å². The van der Waals surface area contributed by atoms with Crippen LogP contribution >= 0.6 is 0 Å². The lowest BCUT2D eigenvalue weighted by Gasteiger charge is -2.40. The fraction of sp³-hybridized carbons (Fsp3) is 0.364. The van der Waals surface area contributed by atoms with Crippen molar-refractivity contribution in [3.05, 3.63) is 60.2 Å². The van der Waals surface area contributed by atoms with E-state index >= 15 is 0 Å². The van der Waals surface area contributed by atoms with Gasteiger partial charge in [-0.05, 0) is 42.4 Å². The van der Waals surface area contributed by atoms with E-state index in [9.17, 15) is 4.79 Å². The van der Waals surface area contributed by atoms with Gasteiger partial charge in [-0.15, -0.1) is 0 Å². The van der Waals surface area contributed by atoms with Gasteiger partial charge in [0.05, 0.1) is 12.8 Å². The Bertz CT molecular complexity index is 806. The molecular formula is C22H25N3O2. The summed E-state index contributed by atoms with van der Waals surface area (Å²) >= 11 is 0. The van der Waals surface area contributed by atoms with Crippen molar-refractivity contribution in [2.75, 3.05) is 25.5 Å². The Morgan fingerprint density at radius 1 is 1.15 bits per heavy atom. The number of nitriles is 1. The van der Waals surface area contributed by atoms with Crippen LogP contribution in [0.3, 0.4) is 0 Å². The second-order valence-electron chi connectivity index (χ2n) is 6.98. The molecule has 0 aliphatic carbocycles. The molecule has 1 amide bonds. The number of carbonyl (C=O) groups is 1. The van der Waals surface area contributed by atoms with Crippen LogP contribution in [-0.4, -0.2) is 31.0 Å². The van der Waals surface area contributed by atoms with Crippen LogP contribution in [0.15, 0.2) is 54.6 Å². The molecule has 1 N–H and O–H groups in total. The van der Waals surface area contributed by atoms with Gasteiger partial charge in [0.1, 0.15) is 5.75 Å². The third kappa shape index (κ3) is 4.40. The van der Waals surface area contributed by atoms with E-state index in [1.54, 1.807) is 12.0 Å². The van der Waals surface area contributed by atoms with E-state index in [1.807, 2.05) is 42.5 Å². The first kappa shape index (κ1) is 18.8. The first-order valence-electron chi connectivity index (χ1n) is 9.30. The van der Waals surface area contributed by atoms with Crippen molar-refractivity contribution in [3.8, 4) is 11.9 Å². The molecule has 27 heavy (non-hydrogen) atoms. The van der Waals surface area contributed by atoms with Gasteiger partial charge < -0.3 is 15.0 Å². The number of anilines is 1. The highest BCUT2D eigenvalue weighted by Gasteiger charge is 2.36. The van der Waals surface area contributed by atoms with E-state index in [2.05, 4.69) is 23.6 Å². The summed E-state index contributed by atoms with van der Waals surface area (Å²) in [5.74, 6) is 0.642. The maximum atomic E-state index is 12.6. The number of ether oxygens (including phenoxy) is 1. The molecule has 0 atom stereocenters. The summed E-state index contributed by atoms with van der Waals surface area (Å²) in [6.07, 6.45) is 5.20. The van der Waals surface area contributed by atoms with Gasteiger partial charge in [-0.1, -0.05) is 42.5 Å². The van der Waals surface area contributed by atoms with Crippen molar-refractivity contribution in [3.63, 3.8) is 0 Å². The monoisotopic (exact) mass is 363 g/mol.